The van der Waals surface area contributed by atoms with Gasteiger partial charge in [0, 0.05) is 47.7 Å². The van der Waals surface area contributed by atoms with Gasteiger partial charge in [-0.25, -0.2) is 9.97 Å². The van der Waals surface area contributed by atoms with Crippen LogP contribution in [0.3, 0.4) is 0 Å². The largest absolute Gasteiger partial charge is 0.417 e. The topological polar surface area (TPSA) is 72.0 Å². The summed E-state index contributed by atoms with van der Waals surface area (Å²) in [7, 11) is 1.90. The SMILES string of the molecule is C=C(NC1(C)C=CC(c2cn(C)c3ncnc(N)c23)=CC1)C1=CC(C(F)(F)F)=CN(c2ccccc2)C1=C. The molecule has 0 amide bonds. The average molecular weight is 517 g/mol. The molecule has 2 aliphatic rings. The molecule has 0 fully saturated rings. The van der Waals surface area contributed by atoms with Crippen LogP contribution in [0.25, 0.3) is 16.6 Å². The highest BCUT2D eigenvalue weighted by Gasteiger charge is 2.37. The van der Waals surface area contributed by atoms with Crippen LogP contribution in [-0.2, 0) is 7.05 Å². The van der Waals surface area contributed by atoms with Gasteiger partial charge in [-0.05, 0) is 37.1 Å². The predicted molar refractivity (Wildman–Crippen MR) is 146 cm³/mol. The molecule has 1 unspecified atom stereocenters. The van der Waals surface area contributed by atoms with Crippen molar-refractivity contribution in [3.63, 3.8) is 0 Å². The number of halogens is 3. The molecule has 9 heteroatoms. The Morgan fingerprint density at radius 2 is 1.92 bits per heavy atom. The van der Waals surface area contributed by atoms with Gasteiger partial charge in [-0.3, -0.25) is 0 Å². The van der Waals surface area contributed by atoms with E-state index in [4.69, 9.17) is 5.73 Å². The molecule has 0 radical (unpaired) electrons. The van der Waals surface area contributed by atoms with Crippen molar-refractivity contribution < 1.29 is 13.2 Å². The minimum absolute atomic E-state index is 0.284. The number of benzene rings is 1. The van der Waals surface area contributed by atoms with Crippen molar-refractivity contribution in [2.24, 2.45) is 7.05 Å². The van der Waals surface area contributed by atoms with Gasteiger partial charge in [0.15, 0.2) is 0 Å². The maximum Gasteiger partial charge on any atom is 0.417 e. The number of aromatic nitrogens is 3. The number of hydrogen-bond donors (Lipinski definition) is 2. The van der Waals surface area contributed by atoms with E-state index in [0.29, 0.717) is 29.3 Å². The second-order valence-corrected chi connectivity index (χ2v) is 9.62. The van der Waals surface area contributed by atoms with E-state index >= 15 is 0 Å². The van der Waals surface area contributed by atoms with Crippen LogP contribution in [-0.4, -0.2) is 26.3 Å². The number of nitrogen functional groups attached to an aromatic ring is 1. The molecule has 3 N–H and O–H groups in total. The van der Waals surface area contributed by atoms with Crippen LogP contribution in [0.4, 0.5) is 24.7 Å². The number of fused-ring (bicyclic) bond motifs is 1. The number of rotatable bonds is 5. The standard InChI is InChI=1S/C29H27F3N6/c1-18(23-14-21(29(30,31)32)15-38(19(23)2)22-8-6-5-7-9-22)36-28(3)12-10-20(11-13-28)24-16-37(4)27-25(24)26(33)34-17-35-27/h5-12,14-17,36H,1-2,13H2,3-4H3,(H2,33,34,35). The summed E-state index contributed by atoms with van der Waals surface area (Å²) in [5, 5.41) is 4.11. The van der Waals surface area contributed by atoms with E-state index in [1.165, 1.54) is 11.2 Å². The minimum atomic E-state index is -4.53. The van der Waals surface area contributed by atoms with Crippen LogP contribution < -0.4 is 16.0 Å². The van der Waals surface area contributed by atoms with E-state index in [9.17, 15) is 13.2 Å². The molecule has 194 valence electrons. The normalized spacial score (nSPS) is 19.8. The summed E-state index contributed by atoms with van der Waals surface area (Å²) in [6, 6.07) is 8.80. The summed E-state index contributed by atoms with van der Waals surface area (Å²) in [4.78, 5) is 9.90. The van der Waals surface area contributed by atoms with Gasteiger partial charge in [0.2, 0.25) is 0 Å². The van der Waals surface area contributed by atoms with Crippen molar-refractivity contribution in [2.75, 3.05) is 10.6 Å². The number of para-hydroxylation sites is 1. The summed E-state index contributed by atoms with van der Waals surface area (Å²) in [5.74, 6) is 0.402. The Hall–Kier alpha value is -4.53. The van der Waals surface area contributed by atoms with Gasteiger partial charge >= 0.3 is 6.18 Å². The predicted octanol–water partition coefficient (Wildman–Crippen LogP) is 6.16. The summed E-state index contributed by atoms with van der Waals surface area (Å²) < 4.78 is 43.3. The Bertz CT molecular complexity index is 1570. The minimum Gasteiger partial charge on any atom is -0.383 e. The van der Waals surface area contributed by atoms with Gasteiger partial charge in [-0.1, -0.05) is 49.6 Å². The molecule has 0 saturated carbocycles. The molecular formula is C29H27F3N6. The van der Waals surface area contributed by atoms with E-state index < -0.39 is 17.3 Å². The molecule has 1 aliphatic carbocycles. The molecule has 0 spiro atoms. The van der Waals surface area contributed by atoms with Crippen molar-refractivity contribution in [1.29, 1.82) is 0 Å². The van der Waals surface area contributed by atoms with Crippen molar-refractivity contribution in [3.8, 4) is 0 Å². The fourth-order valence-electron chi connectivity index (χ4n) is 4.75. The molecule has 0 bridgehead atoms. The molecular weight excluding hydrogens is 489 g/mol. The van der Waals surface area contributed by atoms with E-state index in [1.807, 2.05) is 36.9 Å². The fourth-order valence-corrected chi connectivity index (χ4v) is 4.75. The van der Waals surface area contributed by atoms with Crippen LogP contribution in [0.2, 0.25) is 0 Å². The summed E-state index contributed by atoms with van der Waals surface area (Å²) >= 11 is 0. The quantitative estimate of drug-likeness (QED) is 0.425. The van der Waals surface area contributed by atoms with Crippen LogP contribution in [0.1, 0.15) is 18.9 Å². The first-order valence-electron chi connectivity index (χ1n) is 11.9. The van der Waals surface area contributed by atoms with Gasteiger partial charge in [0.1, 0.15) is 17.8 Å². The number of aryl methyl sites for hydroxylation is 1. The lowest BCUT2D eigenvalue weighted by Gasteiger charge is -2.35. The van der Waals surface area contributed by atoms with Gasteiger partial charge < -0.3 is 20.5 Å². The smallest absolute Gasteiger partial charge is 0.383 e. The molecule has 38 heavy (non-hydrogen) atoms. The first-order chi connectivity index (χ1) is 18.0. The molecule has 1 aliphatic heterocycles. The molecule has 6 nitrogen and oxygen atoms in total. The average Bonchev–Trinajstić information content (AvgIpc) is 3.21. The Labute approximate surface area is 218 Å². The van der Waals surface area contributed by atoms with Crippen LogP contribution in [0, 0.1) is 0 Å². The highest BCUT2D eigenvalue weighted by Crippen LogP contribution is 2.39. The fraction of sp³-hybridized carbons (Fsp3) is 0.172. The lowest BCUT2D eigenvalue weighted by Crippen LogP contribution is -2.41. The van der Waals surface area contributed by atoms with Crippen molar-refractivity contribution in [3.05, 3.63) is 115 Å². The van der Waals surface area contributed by atoms with Crippen molar-refractivity contribution in [2.45, 2.75) is 25.1 Å². The van der Waals surface area contributed by atoms with Gasteiger partial charge in [-0.2, -0.15) is 13.2 Å². The number of allylic oxidation sites excluding steroid dienone is 4. The Balaban J connectivity index is 1.40. The number of nitrogens with two attached hydrogens (primary N) is 1. The van der Waals surface area contributed by atoms with Gasteiger partial charge in [0.05, 0.1) is 16.5 Å². The maximum atomic E-state index is 13.8. The second-order valence-electron chi connectivity index (χ2n) is 9.62. The zero-order chi connectivity index (χ0) is 27.2. The number of nitrogens with one attached hydrogen (secondary N) is 1. The van der Waals surface area contributed by atoms with E-state index in [0.717, 1.165) is 34.4 Å². The third kappa shape index (κ3) is 4.51. The molecule has 0 saturated heterocycles. The number of nitrogens with zero attached hydrogens (tertiary/aromatic N) is 4. The molecule has 3 heterocycles. The maximum absolute atomic E-state index is 13.8. The molecule has 3 aromatic rings. The van der Waals surface area contributed by atoms with Crippen molar-refractivity contribution in [1.82, 2.24) is 19.9 Å². The Kier molecular flexibility index (Phi) is 6.01. The summed E-state index contributed by atoms with van der Waals surface area (Å²) in [6.07, 6.45) is 7.58. The first kappa shape index (κ1) is 25.1. The van der Waals surface area contributed by atoms with Gasteiger partial charge in [0.25, 0.3) is 0 Å². The first-order valence-corrected chi connectivity index (χ1v) is 11.9. The molecule has 1 atom stereocenters. The van der Waals surface area contributed by atoms with Crippen molar-refractivity contribution >= 4 is 28.1 Å². The van der Waals surface area contributed by atoms with E-state index in [-0.39, 0.29) is 5.57 Å². The molecule has 2 aromatic heterocycles. The molecule has 1 aromatic carbocycles. The third-order valence-electron chi connectivity index (χ3n) is 6.76. The second kappa shape index (κ2) is 9.09. The van der Waals surface area contributed by atoms with Crippen LogP contribution >= 0.6 is 0 Å². The Morgan fingerprint density at radius 1 is 1.18 bits per heavy atom. The highest BCUT2D eigenvalue weighted by molar-refractivity contribution is 5.99. The lowest BCUT2D eigenvalue weighted by molar-refractivity contribution is -0.0885. The van der Waals surface area contributed by atoms with E-state index in [1.54, 1.807) is 30.3 Å². The van der Waals surface area contributed by atoms with Gasteiger partial charge in [-0.15, -0.1) is 0 Å². The zero-order valence-corrected chi connectivity index (χ0v) is 21.0. The lowest BCUT2D eigenvalue weighted by atomic mass is 9.87. The highest BCUT2D eigenvalue weighted by atomic mass is 19.4. The zero-order valence-electron chi connectivity index (χ0n) is 21.0. The van der Waals surface area contributed by atoms with Crippen LogP contribution in [0.5, 0.6) is 0 Å². The number of hydrogen-bond acceptors (Lipinski definition) is 5. The Morgan fingerprint density at radius 3 is 2.58 bits per heavy atom. The number of anilines is 2. The van der Waals surface area contributed by atoms with Crippen LogP contribution in [0.15, 0.2) is 109 Å². The summed E-state index contributed by atoms with van der Waals surface area (Å²) in [5.41, 5.74) is 8.98. The summed E-state index contributed by atoms with van der Waals surface area (Å²) in [6.45, 7) is 10.1. The van der Waals surface area contributed by atoms with E-state index in [2.05, 4.69) is 34.5 Å². The monoisotopic (exact) mass is 516 g/mol. The number of alkyl halides is 3. The third-order valence-corrected chi connectivity index (χ3v) is 6.76. The molecule has 5 rings (SSSR count).